The second-order valence-electron chi connectivity index (χ2n) is 6.29. The van der Waals surface area contributed by atoms with Gasteiger partial charge in [-0.15, -0.1) is 0 Å². The zero-order valence-electron chi connectivity index (χ0n) is 17.1. The first-order valence-electron chi connectivity index (χ1n) is 9.13. The maximum atomic E-state index is 12.2. The molecule has 29 heavy (non-hydrogen) atoms. The summed E-state index contributed by atoms with van der Waals surface area (Å²) >= 11 is 0. The summed E-state index contributed by atoms with van der Waals surface area (Å²) in [5.74, 6) is 2.28. The second-order valence-corrected chi connectivity index (χ2v) is 6.29. The Balaban J connectivity index is 1.88. The Morgan fingerprint density at radius 2 is 1.69 bits per heavy atom. The minimum Gasteiger partial charge on any atom is -0.493 e. The van der Waals surface area contributed by atoms with Gasteiger partial charge in [-0.3, -0.25) is 4.99 Å². The molecule has 0 unspecified atom stereocenters. The number of hydrogen-bond acceptors (Lipinski definition) is 4. The van der Waals surface area contributed by atoms with Crippen LogP contribution in [-0.4, -0.2) is 52.3 Å². The molecule has 2 rings (SSSR count). The van der Waals surface area contributed by atoms with Crippen LogP contribution < -0.4 is 19.5 Å². The number of rotatable bonds is 9. The molecular weight excluding hydrogens is 380 g/mol. The van der Waals surface area contributed by atoms with Gasteiger partial charge in [-0.05, 0) is 41.8 Å². The van der Waals surface area contributed by atoms with Crippen molar-refractivity contribution in [2.24, 2.45) is 4.99 Å². The van der Waals surface area contributed by atoms with E-state index in [0.29, 0.717) is 24.6 Å². The molecule has 158 valence electrons. The second kappa shape index (κ2) is 11.1. The highest BCUT2D eigenvalue weighted by Crippen LogP contribution is 2.27. The molecule has 0 atom stereocenters. The lowest BCUT2D eigenvalue weighted by Gasteiger charge is -2.22. The Kier molecular flexibility index (Phi) is 8.51. The molecule has 0 radical (unpaired) electrons. The molecular formula is C21H27F2N3O3. The van der Waals surface area contributed by atoms with Crippen molar-refractivity contribution in [3.05, 3.63) is 53.6 Å². The van der Waals surface area contributed by atoms with Gasteiger partial charge in [0.25, 0.3) is 0 Å². The zero-order valence-corrected chi connectivity index (χ0v) is 17.1. The topological polar surface area (TPSA) is 55.3 Å². The quantitative estimate of drug-likeness (QED) is 0.509. The van der Waals surface area contributed by atoms with E-state index < -0.39 is 6.61 Å². The van der Waals surface area contributed by atoms with Crippen molar-refractivity contribution < 1.29 is 23.0 Å². The Bertz CT molecular complexity index is 798. The minimum absolute atomic E-state index is 0.142. The van der Waals surface area contributed by atoms with E-state index in [2.05, 4.69) is 15.0 Å². The Hall–Kier alpha value is -3.03. The first kappa shape index (κ1) is 22.3. The number of halogens is 2. The van der Waals surface area contributed by atoms with Gasteiger partial charge in [-0.2, -0.15) is 8.78 Å². The van der Waals surface area contributed by atoms with Crippen LogP contribution in [0.15, 0.2) is 47.5 Å². The number of aliphatic imine (C=N–C) groups is 1. The molecule has 0 bridgehead atoms. The summed E-state index contributed by atoms with van der Waals surface area (Å²) in [6, 6.07) is 12.4. The molecule has 1 N–H and O–H groups in total. The molecule has 2 aromatic rings. The number of hydrogen-bond donors (Lipinski definition) is 1. The molecule has 6 nitrogen and oxygen atoms in total. The average molecular weight is 407 g/mol. The van der Waals surface area contributed by atoms with E-state index >= 15 is 0 Å². The largest absolute Gasteiger partial charge is 0.493 e. The van der Waals surface area contributed by atoms with E-state index in [0.717, 1.165) is 23.5 Å². The van der Waals surface area contributed by atoms with Crippen LogP contribution in [-0.2, 0) is 13.0 Å². The summed E-state index contributed by atoms with van der Waals surface area (Å²) < 4.78 is 39.4. The van der Waals surface area contributed by atoms with Crippen molar-refractivity contribution in [2.45, 2.75) is 19.6 Å². The molecule has 0 aliphatic heterocycles. The number of nitrogens with one attached hydrogen (secondary N) is 1. The third kappa shape index (κ3) is 6.81. The summed E-state index contributed by atoms with van der Waals surface area (Å²) in [5.41, 5.74) is 2.07. The van der Waals surface area contributed by atoms with E-state index in [4.69, 9.17) is 9.47 Å². The molecule has 0 heterocycles. The van der Waals surface area contributed by atoms with E-state index in [1.165, 1.54) is 12.1 Å². The Morgan fingerprint density at radius 1 is 1.03 bits per heavy atom. The molecule has 0 spiro atoms. The number of benzene rings is 2. The SMILES string of the molecule is CN=C(NCCc1ccc(OC)c(OC)c1)N(C)Cc1ccc(OC(F)F)cc1. The fraction of sp³-hybridized carbons (Fsp3) is 0.381. The summed E-state index contributed by atoms with van der Waals surface area (Å²) in [6.07, 6.45) is 0.785. The molecule has 2 aromatic carbocycles. The highest BCUT2D eigenvalue weighted by molar-refractivity contribution is 5.79. The first-order valence-corrected chi connectivity index (χ1v) is 9.13. The molecule has 0 aromatic heterocycles. The van der Waals surface area contributed by atoms with Gasteiger partial charge in [-0.1, -0.05) is 18.2 Å². The molecule has 0 saturated carbocycles. The normalized spacial score (nSPS) is 11.3. The van der Waals surface area contributed by atoms with Crippen LogP contribution in [0.5, 0.6) is 17.2 Å². The predicted molar refractivity (Wildman–Crippen MR) is 109 cm³/mol. The molecule has 0 fully saturated rings. The minimum atomic E-state index is -2.82. The summed E-state index contributed by atoms with van der Waals surface area (Å²) in [5, 5.41) is 3.32. The van der Waals surface area contributed by atoms with Crippen LogP contribution in [0, 0.1) is 0 Å². The lowest BCUT2D eigenvalue weighted by Crippen LogP contribution is -2.39. The summed E-state index contributed by atoms with van der Waals surface area (Å²) in [4.78, 5) is 6.25. The number of nitrogens with zero attached hydrogens (tertiary/aromatic N) is 2. The van der Waals surface area contributed by atoms with Crippen molar-refractivity contribution in [3.8, 4) is 17.2 Å². The zero-order chi connectivity index (χ0) is 21.2. The van der Waals surface area contributed by atoms with E-state index in [1.54, 1.807) is 33.4 Å². The molecule has 0 aliphatic carbocycles. The highest BCUT2D eigenvalue weighted by Gasteiger charge is 2.09. The van der Waals surface area contributed by atoms with Crippen molar-refractivity contribution >= 4 is 5.96 Å². The van der Waals surface area contributed by atoms with Gasteiger partial charge >= 0.3 is 6.61 Å². The third-order valence-corrected chi connectivity index (χ3v) is 4.29. The van der Waals surface area contributed by atoms with Gasteiger partial charge < -0.3 is 24.4 Å². The number of guanidine groups is 1. The lowest BCUT2D eigenvalue weighted by atomic mass is 10.1. The van der Waals surface area contributed by atoms with Gasteiger partial charge in [0.15, 0.2) is 17.5 Å². The van der Waals surface area contributed by atoms with Crippen LogP contribution in [0.25, 0.3) is 0 Å². The van der Waals surface area contributed by atoms with Crippen LogP contribution in [0.3, 0.4) is 0 Å². The predicted octanol–water partition coefficient (Wildman–Crippen LogP) is 3.56. The monoisotopic (exact) mass is 407 g/mol. The van der Waals surface area contributed by atoms with Gasteiger partial charge in [0.2, 0.25) is 0 Å². The Morgan fingerprint density at radius 3 is 2.28 bits per heavy atom. The van der Waals surface area contributed by atoms with Crippen LogP contribution >= 0.6 is 0 Å². The first-order chi connectivity index (χ1) is 14.0. The Labute approximate surface area is 170 Å². The van der Waals surface area contributed by atoms with Crippen molar-refractivity contribution in [2.75, 3.05) is 34.9 Å². The fourth-order valence-corrected chi connectivity index (χ4v) is 2.86. The lowest BCUT2D eigenvalue weighted by molar-refractivity contribution is -0.0498. The smallest absolute Gasteiger partial charge is 0.387 e. The van der Waals surface area contributed by atoms with Crippen molar-refractivity contribution in [1.29, 1.82) is 0 Å². The highest BCUT2D eigenvalue weighted by atomic mass is 19.3. The van der Waals surface area contributed by atoms with E-state index in [9.17, 15) is 8.78 Å². The molecule has 0 aliphatic rings. The third-order valence-electron chi connectivity index (χ3n) is 4.29. The van der Waals surface area contributed by atoms with Crippen molar-refractivity contribution in [3.63, 3.8) is 0 Å². The van der Waals surface area contributed by atoms with Gasteiger partial charge in [0.1, 0.15) is 5.75 Å². The standard InChI is InChI=1S/C21H27F2N3O3/c1-24-21(25-12-11-15-7-10-18(27-3)19(13-15)28-4)26(2)14-16-5-8-17(9-6-16)29-20(22)23/h5-10,13,20H,11-12,14H2,1-4H3,(H,24,25). The van der Waals surface area contributed by atoms with Gasteiger partial charge in [-0.25, -0.2) is 0 Å². The number of ether oxygens (including phenoxy) is 3. The maximum absolute atomic E-state index is 12.2. The average Bonchev–Trinajstić information content (AvgIpc) is 2.72. The summed E-state index contributed by atoms with van der Waals surface area (Å²) in [7, 11) is 6.85. The van der Waals surface area contributed by atoms with E-state index in [-0.39, 0.29) is 5.75 Å². The van der Waals surface area contributed by atoms with Crippen LogP contribution in [0.1, 0.15) is 11.1 Å². The van der Waals surface area contributed by atoms with Crippen LogP contribution in [0.2, 0.25) is 0 Å². The fourth-order valence-electron chi connectivity index (χ4n) is 2.86. The summed E-state index contributed by atoms with van der Waals surface area (Å²) in [6.45, 7) is -1.56. The van der Waals surface area contributed by atoms with Crippen LogP contribution in [0.4, 0.5) is 8.78 Å². The van der Waals surface area contributed by atoms with Gasteiger partial charge in [0, 0.05) is 27.2 Å². The maximum Gasteiger partial charge on any atom is 0.387 e. The number of alkyl halides is 2. The number of methoxy groups -OCH3 is 2. The van der Waals surface area contributed by atoms with E-state index in [1.807, 2.05) is 30.1 Å². The van der Waals surface area contributed by atoms with Gasteiger partial charge in [0.05, 0.1) is 14.2 Å². The van der Waals surface area contributed by atoms with Crippen molar-refractivity contribution in [1.82, 2.24) is 10.2 Å². The molecule has 0 saturated heterocycles. The molecule has 8 heteroatoms. The molecule has 0 amide bonds.